The van der Waals surface area contributed by atoms with Crippen molar-refractivity contribution >= 4 is 11.9 Å². The summed E-state index contributed by atoms with van der Waals surface area (Å²) >= 11 is 0. The van der Waals surface area contributed by atoms with Gasteiger partial charge in [-0.05, 0) is 25.7 Å². The lowest BCUT2D eigenvalue weighted by Gasteiger charge is -2.30. The van der Waals surface area contributed by atoms with E-state index in [9.17, 15) is 9.59 Å². The smallest absolute Gasteiger partial charge is 0.313 e. The fraction of sp³-hybridized carbons (Fsp3) is 0.818. The van der Waals surface area contributed by atoms with E-state index in [1.807, 2.05) is 6.92 Å². The van der Waals surface area contributed by atoms with Crippen molar-refractivity contribution in [3.8, 4) is 0 Å². The third-order valence-corrected chi connectivity index (χ3v) is 4.58. The molecule has 3 rings (SSSR count). The number of hydrogen-bond acceptors (Lipinski definition) is 4. The van der Waals surface area contributed by atoms with Crippen molar-refractivity contribution in [3.63, 3.8) is 0 Å². The Hall–Kier alpha value is -1.06. The highest BCUT2D eigenvalue weighted by molar-refractivity contribution is 5.89. The molecule has 4 nitrogen and oxygen atoms in total. The van der Waals surface area contributed by atoms with Crippen molar-refractivity contribution in [2.75, 3.05) is 7.11 Å². The fourth-order valence-corrected chi connectivity index (χ4v) is 3.90. The first-order chi connectivity index (χ1) is 7.09. The van der Waals surface area contributed by atoms with E-state index in [0.29, 0.717) is 0 Å². The Morgan fingerprint density at radius 3 is 2.93 bits per heavy atom. The number of fused-ring (bicyclic) bond motifs is 1. The number of ether oxygens (including phenoxy) is 2. The largest absolute Gasteiger partial charge is 0.469 e. The minimum Gasteiger partial charge on any atom is -0.469 e. The van der Waals surface area contributed by atoms with Crippen LogP contribution in [0.4, 0.5) is 0 Å². The van der Waals surface area contributed by atoms with Crippen molar-refractivity contribution < 1.29 is 19.1 Å². The summed E-state index contributed by atoms with van der Waals surface area (Å²) in [6.45, 7) is 1.86. The maximum atomic E-state index is 11.8. The number of methoxy groups -OCH3 is 1. The van der Waals surface area contributed by atoms with Crippen LogP contribution in [0.1, 0.15) is 19.8 Å². The SMILES string of the molecule is COC(=O)[C@H]1[C@H]2C[C@@H]3OC(=O)[C@]1(C)[C@H]3C2. The number of esters is 2. The van der Waals surface area contributed by atoms with Gasteiger partial charge in [-0.15, -0.1) is 0 Å². The van der Waals surface area contributed by atoms with Gasteiger partial charge in [0.2, 0.25) is 0 Å². The second-order valence-corrected chi connectivity index (χ2v) is 5.07. The van der Waals surface area contributed by atoms with Crippen LogP contribution in [0.15, 0.2) is 0 Å². The Balaban J connectivity index is 2.04. The van der Waals surface area contributed by atoms with E-state index in [1.165, 1.54) is 7.11 Å². The van der Waals surface area contributed by atoms with Crippen molar-refractivity contribution in [2.45, 2.75) is 25.9 Å². The van der Waals surface area contributed by atoms with Crippen LogP contribution in [0.2, 0.25) is 0 Å². The van der Waals surface area contributed by atoms with Crippen LogP contribution in [-0.2, 0) is 19.1 Å². The van der Waals surface area contributed by atoms with E-state index in [-0.39, 0.29) is 35.8 Å². The molecule has 1 heterocycles. The molecular weight excluding hydrogens is 196 g/mol. The summed E-state index contributed by atoms with van der Waals surface area (Å²) in [6, 6.07) is 0. The van der Waals surface area contributed by atoms with E-state index in [4.69, 9.17) is 9.47 Å². The van der Waals surface area contributed by atoms with E-state index >= 15 is 0 Å². The molecular formula is C11H14O4. The lowest BCUT2D eigenvalue weighted by molar-refractivity contribution is -0.159. The van der Waals surface area contributed by atoms with Crippen molar-refractivity contribution in [1.29, 1.82) is 0 Å². The van der Waals surface area contributed by atoms with Crippen molar-refractivity contribution in [3.05, 3.63) is 0 Å². The van der Waals surface area contributed by atoms with E-state index in [2.05, 4.69) is 0 Å². The predicted octanol–water partition coefficient (Wildman–Crippen LogP) is 0.747. The van der Waals surface area contributed by atoms with Gasteiger partial charge in [-0.3, -0.25) is 9.59 Å². The standard InChI is InChI=1S/C11H14O4/c1-11-6-3-5(8(11)9(12)14-2)4-7(6)15-10(11)13/h5-8H,3-4H2,1-2H3/t5-,6+,7+,8-,11-/m1/s1. The molecule has 0 unspecified atom stereocenters. The van der Waals surface area contributed by atoms with Gasteiger partial charge < -0.3 is 9.47 Å². The van der Waals surface area contributed by atoms with E-state index in [1.54, 1.807) is 0 Å². The van der Waals surface area contributed by atoms with Gasteiger partial charge in [0.05, 0.1) is 18.4 Å². The van der Waals surface area contributed by atoms with Crippen LogP contribution in [0.5, 0.6) is 0 Å². The molecule has 2 saturated carbocycles. The van der Waals surface area contributed by atoms with Crippen LogP contribution >= 0.6 is 0 Å². The Bertz CT molecular complexity index is 350. The monoisotopic (exact) mass is 210 g/mol. The highest BCUT2D eigenvalue weighted by atomic mass is 16.6. The fourth-order valence-electron chi connectivity index (χ4n) is 3.90. The van der Waals surface area contributed by atoms with E-state index in [0.717, 1.165) is 12.8 Å². The van der Waals surface area contributed by atoms with Crippen molar-refractivity contribution in [2.24, 2.45) is 23.2 Å². The number of rotatable bonds is 1. The predicted molar refractivity (Wildman–Crippen MR) is 49.7 cm³/mol. The zero-order chi connectivity index (χ0) is 10.8. The van der Waals surface area contributed by atoms with Gasteiger partial charge >= 0.3 is 11.9 Å². The molecule has 0 aromatic heterocycles. The van der Waals surface area contributed by atoms with Gasteiger partial charge in [0.15, 0.2) is 0 Å². The summed E-state index contributed by atoms with van der Waals surface area (Å²) in [5.74, 6) is -0.211. The molecule has 82 valence electrons. The quantitative estimate of drug-likeness (QED) is 0.599. The van der Waals surface area contributed by atoms with Gasteiger partial charge in [0, 0.05) is 5.92 Å². The van der Waals surface area contributed by atoms with Crippen LogP contribution in [0.25, 0.3) is 0 Å². The Morgan fingerprint density at radius 1 is 1.53 bits per heavy atom. The van der Waals surface area contributed by atoms with Crippen LogP contribution in [-0.4, -0.2) is 25.2 Å². The molecule has 1 aliphatic heterocycles. The molecule has 2 bridgehead atoms. The lowest BCUT2D eigenvalue weighted by atomic mass is 9.68. The van der Waals surface area contributed by atoms with Gasteiger partial charge in [0.1, 0.15) is 6.10 Å². The summed E-state index contributed by atoms with van der Waals surface area (Å²) in [6.07, 6.45) is 1.84. The Labute approximate surface area is 87.9 Å². The number of carbonyl (C=O) groups is 2. The average Bonchev–Trinajstić information content (AvgIpc) is 2.75. The molecule has 3 fully saturated rings. The lowest BCUT2D eigenvalue weighted by Crippen LogP contribution is -2.42. The first-order valence-electron chi connectivity index (χ1n) is 5.38. The minimum atomic E-state index is -0.610. The average molecular weight is 210 g/mol. The molecule has 15 heavy (non-hydrogen) atoms. The summed E-state index contributed by atoms with van der Waals surface area (Å²) in [5.41, 5.74) is -0.610. The maximum Gasteiger partial charge on any atom is 0.313 e. The maximum absolute atomic E-state index is 11.8. The van der Waals surface area contributed by atoms with E-state index < -0.39 is 5.41 Å². The zero-order valence-corrected chi connectivity index (χ0v) is 8.86. The molecule has 0 amide bonds. The third kappa shape index (κ3) is 0.840. The Kier molecular flexibility index (Phi) is 1.56. The number of carbonyl (C=O) groups excluding carboxylic acids is 2. The first-order valence-corrected chi connectivity index (χ1v) is 5.38. The summed E-state index contributed by atoms with van der Waals surface area (Å²) in [5, 5.41) is 0. The summed E-state index contributed by atoms with van der Waals surface area (Å²) in [7, 11) is 1.38. The van der Waals surface area contributed by atoms with Crippen LogP contribution < -0.4 is 0 Å². The molecule has 0 spiro atoms. The minimum absolute atomic E-state index is 0.0633. The first kappa shape index (κ1) is 9.19. The third-order valence-electron chi connectivity index (χ3n) is 4.58. The highest BCUT2D eigenvalue weighted by Crippen LogP contribution is 2.64. The molecule has 0 aromatic rings. The van der Waals surface area contributed by atoms with Gasteiger partial charge in [-0.25, -0.2) is 0 Å². The molecule has 1 saturated heterocycles. The second-order valence-electron chi connectivity index (χ2n) is 5.07. The highest BCUT2D eigenvalue weighted by Gasteiger charge is 2.71. The topological polar surface area (TPSA) is 52.6 Å². The van der Waals surface area contributed by atoms with Gasteiger partial charge in [0.25, 0.3) is 0 Å². The molecule has 3 aliphatic rings. The van der Waals surface area contributed by atoms with Crippen molar-refractivity contribution in [1.82, 2.24) is 0 Å². The summed E-state index contributed by atoms with van der Waals surface area (Å²) in [4.78, 5) is 23.5. The second kappa shape index (κ2) is 2.54. The normalized spacial score (nSPS) is 50.7. The molecule has 0 radical (unpaired) electrons. The molecule has 5 atom stereocenters. The molecule has 2 aliphatic carbocycles. The molecule has 0 N–H and O–H groups in total. The van der Waals surface area contributed by atoms with Crippen LogP contribution in [0, 0.1) is 23.2 Å². The van der Waals surface area contributed by atoms with Gasteiger partial charge in [-0.2, -0.15) is 0 Å². The number of hydrogen-bond donors (Lipinski definition) is 0. The van der Waals surface area contributed by atoms with Gasteiger partial charge in [-0.1, -0.05) is 0 Å². The summed E-state index contributed by atoms with van der Waals surface area (Å²) < 4.78 is 10.1. The molecule has 0 aromatic carbocycles. The van der Waals surface area contributed by atoms with Crippen LogP contribution in [0.3, 0.4) is 0 Å². The zero-order valence-electron chi connectivity index (χ0n) is 8.86. The Morgan fingerprint density at radius 2 is 2.27 bits per heavy atom. The molecule has 4 heteroatoms.